The molecule has 4 atom stereocenters. The molecule has 7 rings (SSSR count). The van der Waals surface area contributed by atoms with E-state index >= 15 is 8.78 Å². The van der Waals surface area contributed by atoms with Gasteiger partial charge in [-0.25, -0.2) is 30.7 Å². The van der Waals surface area contributed by atoms with E-state index < -0.39 is 140 Å². The Morgan fingerprint density at radius 2 is 1.65 bits per heavy atom. The van der Waals surface area contributed by atoms with Gasteiger partial charge in [0.2, 0.25) is 5.91 Å². The van der Waals surface area contributed by atoms with Gasteiger partial charge in [0.15, 0.2) is 22.1 Å². The highest BCUT2D eigenvalue weighted by molar-refractivity contribution is 7.92. The van der Waals surface area contributed by atoms with Crippen LogP contribution < -0.4 is 5.32 Å². The van der Waals surface area contributed by atoms with Crippen molar-refractivity contribution in [2.45, 2.75) is 81.3 Å². The van der Waals surface area contributed by atoms with Gasteiger partial charge in [-0.3, -0.25) is 23.5 Å². The molecule has 2 aromatic carbocycles. The zero-order valence-corrected chi connectivity index (χ0v) is 40.5. The third kappa shape index (κ3) is 11.2. The van der Waals surface area contributed by atoms with Crippen LogP contribution in [0.15, 0.2) is 42.5 Å². The number of aromatic nitrogens is 5. The maximum atomic E-state index is 15.6. The van der Waals surface area contributed by atoms with Crippen LogP contribution in [0.2, 0.25) is 5.02 Å². The number of rotatable bonds is 14. The topological polar surface area (TPSA) is 169 Å². The lowest BCUT2D eigenvalue weighted by molar-refractivity contribution is -0.862. The van der Waals surface area contributed by atoms with E-state index in [0.717, 1.165) is 18.4 Å². The standard InChI is InChI=1S/C44H41ClF10N8O6S2/c1-41(2,71(6,68)69)12-11-25-7-8-26(27-9-10-30(45)36-32(58-61(38(27)36)21-42(48,49)50)18-62(70(66)67)34(65)20-63(3,4)5)37(56-25)31(15-22-13-23(46)16-24(47)14-22)57-33(64)19-60-40-35(39(59-60)44(53,54)55)28-17-29(28)43(40,51)52/h7-10,13-14,16,28-29,31H,15,17-21H2,1-6H3,(H-,57,64,66,67)/p+1/t28-,29+,31?/m0/s1. The fraction of sp³-hybridized carbons (Fsp3) is 0.432. The minimum Gasteiger partial charge on any atom is -0.346 e. The number of carbonyl (C=O) groups excluding carboxylic acids is 2. The lowest BCUT2D eigenvalue weighted by atomic mass is 9.93. The molecular weight excluding hydrogens is 1030 g/mol. The van der Waals surface area contributed by atoms with Crippen LogP contribution in [-0.2, 0) is 68.8 Å². The van der Waals surface area contributed by atoms with Crippen molar-refractivity contribution in [1.29, 1.82) is 0 Å². The van der Waals surface area contributed by atoms with E-state index in [0.29, 0.717) is 15.1 Å². The first-order chi connectivity index (χ1) is 32.6. The van der Waals surface area contributed by atoms with E-state index in [1.165, 1.54) is 38.1 Å². The van der Waals surface area contributed by atoms with Gasteiger partial charge in [0.1, 0.15) is 40.9 Å². The minimum atomic E-state index is -5.20. The molecule has 2 amide bonds. The van der Waals surface area contributed by atoms with Crippen LogP contribution >= 0.6 is 11.6 Å². The third-order valence-electron chi connectivity index (χ3n) is 11.8. The van der Waals surface area contributed by atoms with Crippen LogP contribution in [0.1, 0.15) is 71.8 Å². The van der Waals surface area contributed by atoms with Gasteiger partial charge in [0.25, 0.3) is 23.1 Å². The van der Waals surface area contributed by atoms with Gasteiger partial charge in [0, 0.05) is 40.3 Å². The van der Waals surface area contributed by atoms with Gasteiger partial charge in [-0.15, -0.1) is 0 Å². The Kier molecular flexibility index (Phi) is 13.8. The number of carbonyl (C=O) groups is 2. The van der Waals surface area contributed by atoms with Crippen molar-refractivity contribution < 1.29 is 75.2 Å². The Bertz CT molecular complexity index is 3170. The van der Waals surface area contributed by atoms with Gasteiger partial charge in [-0.2, -0.15) is 45.3 Å². The highest BCUT2D eigenvalue weighted by Gasteiger charge is 2.68. The predicted octanol–water partition coefficient (Wildman–Crippen LogP) is 7.46. The molecule has 2 aliphatic rings. The molecule has 3 aromatic heterocycles. The second kappa shape index (κ2) is 18.5. The number of benzene rings is 2. The van der Waals surface area contributed by atoms with Crippen LogP contribution in [0.25, 0.3) is 22.0 Å². The minimum absolute atomic E-state index is 0.0330. The smallest absolute Gasteiger partial charge is 0.346 e. The SMILES string of the molecule is CC(C)(C#Cc1ccc(-c2ccc(Cl)c3c(CN(C(=O)C[N+](C)(C)C)S(=O)O)nn(CC(F)(F)F)c23)c(C(Cc2cc(F)cc(F)c2)NC(=O)Cn2nc(C(F)(F)F)c3c2C(F)(F)[C@@H]2C[C@H]32)n1)S(C)(=O)=O. The molecule has 2 unspecified atom stereocenters. The molecule has 0 spiro atoms. The largest absolute Gasteiger partial charge is 0.435 e. The second-order valence-electron chi connectivity index (χ2n) is 18.7. The number of likely N-dealkylation sites (N-methyl/N-ethyl adjacent to an activating group) is 1. The summed E-state index contributed by atoms with van der Waals surface area (Å²) in [5.74, 6) is -5.75. The van der Waals surface area contributed by atoms with Crippen LogP contribution in [0.4, 0.5) is 43.9 Å². The number of hydrogen-bond acceptors (Lipinski definition) is 8. The molecule has 2 N–H and O–H groups in total. The summed E-state index contributed by atoms with van der Waals surface area (Å²) < 4.78 is 194. The van der Waals surface area contributed by atoms with Gasteiger partial charge < -0.3 is 9.80 Å². The van der Waals surface area contributed by atoms with E-state index in [1.54, 1.807) is 21.1 Å². The summed E-state index contributed by atoms with van der Waals surface area (Å²) in [6.45, 7) is -1.79. The molecule has 3 heterocycles. The molecular formula is C44H42ClF10N8O6S2+. The number of sulfone groups is 1. The first-order valence-corrected chi connectivity index (χ1v) is 24.4. The maximum Gasteiger partial charge on any atom is 0.435 e. The van der Waals surface area contributed by atoms with E-state index in [2.05, 4.69) is 32.3 Å². The summed E-state index contributed by atoms with van der Waals surface area (Å²) >= 11 is 3.62. The van der Waals surface area contributed by atoms with Gasteiger partial charge >= 0.3 is 12.4 Å². The second-order valence-corrected chi connectivity index (χ2v) is 22.6. The van der Waals surface area contributed by atoms with Gasteiger partial charge in [-0.1, -0.05) is 23.6 Å². The average molecular weight is 1070 g/mol. The molecule has 1 fully saturated rings. The lowest BCUT2D eigenvalue weighted by Crippen LogP contribution is -2.46. The number of nitrogens with one attached hydrogen (secondary N) is 1. The van der Waals surface area contributed by atoms with Crippen molar-refractivity contribution in [2.75, 3.05) is 33.9 Å². The van der Waals surface area contributed by atoms with Crippen molar-refractivity contribution >= 4 is 55.4 Å². The number of amides is 2. The highest BCUT2D eigenvalue weighted by Crippen LogP contribution is 2.68. The molecule has 71 heavy (non-hydrogen) atoms. The van der Waals surface area contributed by atoms with E-state index in [1.807, 2.05) is 0 Å². The summed E-state index contributed by atoms with van der Waals surface area (Å²) in [6, 6.07) is 5.28. The summed E-state index contributed by atoms with van der Waals surface area (Å²) in [4.78, 5) is 32.0. The highest BCUT2D eigenvalue weighted by atomic mass is 35.5. The molecule has 382 valence electrons. The van der Waals surface area contributed by atoms with Crippen molar-refractivity contribution in [3.8, 4) is 23.0 Å². The van der Waals surface area contributed by atoms with E-state index in [4.69, 9.17) is 11.6 Å². The lowest BCUT2D eigenvalue weighted by Gasteiger charge is -2.26. The van der Waals surface area contributed by atoms with Crippen LogP contribution in [0, 0.1) is 29.4 Å². The van der Waals surface area contributed by atoms with Crippen molar-refractivity contribution in [3.05, 3.63) is 98.7 Å². The van der Waals surface area contributed by atoms with Crippen LogP contribution in [-0.4, -0.2) is 107 Å². The molecule has 5 aromatic rings. The van der Waals surface area contributed by atoms with Crippen LogP contribution in [0.3, 0.4) is 0 Å². The average Bonchev–Trinajstić information content (AvgIpc) is 3.72. The number of hydrogen-bond donors (Lipinski definition) is 2. The predicted molar refractivity (Wildman–Crippen MR) is 237 cm³/mol. The Labute approximate surface area is 406 Å². The molecule has 2 aliphatic carbocycles. The van der Waals surface area contributed by atoms with Crippen molar-refractivity contribution in [3.63, 3.8) is 0 Å². The van der Waals surface area contributed by atoms with E-state index in [9.17, 15) is 61.9 Å². The Morgan fingerprint density at radius 3 is 2.23 bits per heavy atom. The Hall–Kier alpha value is -5.62. The monoisotopic (exact) mass is 1070 g/mol. The summed E-state index contributed by atoms with van der Waals surface area (Å²) in [5, 5.41) is 9.42. The number of alkyl halides is 8. The molecule has 1 saturated carbocycles. The number of fused-ring (bicyclic) bond motifs is 4. The summed E-state index contributed by atoms with van der Waals surface area (Å²) in [6.07, 6.45) is -10.2. The van der Waals surface area contributed by atoms with Crippen molar-refractivity contribution in [1.82, 2.24) is 34.2 Å². The number of halogens is 11. The molecule has 0 aliphatic heterocycles. The fourth-order valence-corrected chi connectivity index (χ4v) is 9.28. The summed E-state index contributed by atoms with van der Waals surface area (Å²) in [7, 11) is 0.903. The zero-order valence-electron chi connectivity index (χ0n) is 38.1. The third-order valence-corrected chi connectivity index (χ3v) is 14.7. The number of pyridine rings is 1. The van der Waals surface area contributed by atoms with Gasteiger partial charge in [-0.05, 0) is 74.4 Å². The Balaban J connectivity index is 1.45. The van der Waals surface area contributed by atoms with Gasteiger partial charge in [0.05, 0.1) is 55.7 Å². The normalized spacial score (nSPS) is 17.5. The molecule has 27 heteroatoms. The maximum absolute atomic E-state index is 15.6. The number of nitrogens with zero attached hydrogens (tertiary/aromatic N) is 7. The summed E-state index contributed by atoms with van der Waals surface area (Å²) in [5.41, 5.74) is -5.60. The quantitative estimate of drug-likeness (QED) is 0.0496. The molecule has 0 saturated heterocycles. The Morgan fingerprint density at radius 1 is 1.01 bits per heavy atom. The first kappa shape index (κ1) is 53.2. The first-order valence-electron chi connectivity index (χ1n) is 21.1. The number of quaternary nitrogens is 1. The van der Waals surface area contributed by atoms with Crippen molar-refractivity contribution in [2.24, 2.45) is 5.92 Å². The van der Waals surface area contributed by atoms with E-state index in [-0.39, 0.29) is 60.6 Å². The molecule has 0 radical (unpaired) electrons. The molecule has 14 nitrogen and oxygen atoms in total. The molecule has 0 bridgehead atoms. The zero-order chi connectivity index (χ0) is 52.7. The fourth-order valence-electron chi connectivity index (χ4n) is 8.31. The van der Waals surface area contributed by atoms with Crippen LogP contribution in [0.5, 0.6) is 0 Å².